The van der Waals surface area contributed by atoms with E-state index in [4.69, 9.17) is 21.7 Å². The topological polar surface area (TPSA) is 75.1 Å². The predicted octanol–water partition coefficient (Wildman–Crippen LogP) is 4.38. The van der Waals surface area contributed by atoms with Crippen molar-refractivity contribution in [2.45, 2.75) is 64.1 Å². The van der Waals surface area contributed by atoms with Crippen LogP contribution in [0.25, 0.3) is 11.0 Å². The molecule has 2 N–H and O–H groups in total. The van der Waals surface area contributed by atoms with Crippen molar-refractivity contribution in [1.29, 1.82) is 0 Å². The van der Waals surface area contributed by atoms with Crippen molar-refractivity contribution < 1.29 is 4.79 Å². The summed E-state index contributed by atoms with van der Waals surface area (Å²) in [6, 6.07) is 12.4. The Morgan fingerprint density at radius 3 is 2.62 bits per heavy atom. The van der Waals surface area contributed by atoms with E-state index in [-0.39, 0.29) is 11.9 Å². The van der Waals surface area contributed by atoms with Gasteiger partial charge in [-0.1, -0.05) is 36.6 Å². The van der Waals surface area contributed by atoms with Crippen LogP contribution in [-0.4, -0.2) is 52.4 Å². The molecule has 34 heavy (non-hydrogen) atoms. The molecule has 7 nitrogen and oxygen atoms in total. The van der Waals surface area contributed by atoms with Gasteiger partial charge < -0.3 is 15.5 Å². The molecule has 0 aliphatic carbocycles. The maximum absolute atomic E-state index is 13.3. The number of carbonyl (C=O) groups is 1. The Labute approximate surface area is 205 Å². The van der Waals surface area contributed by atoms with Crippen LogP contribution in [0, 0.1) is 0 Å². The zero-order valence-corrected chi connectivity index (χ0v) is 20.5. The average molecular weight is 481 g/mol. The van der Waals surface area contributed by atoms with Crippen molar-refractivity contribution >= 4 is 34.4 Å². The number of hydrogen-bond acceptors (Lipinski definition) is 5. The van der Waals surface area contributed by atoms with Gasteiger partial charge in [0, 0.05) is 30.2 Å². The Kier molecular flexibility index (Phi) is 7.02. The van der Waals surface area contributed by atoms with E-state index in [1.807, 2.05) is 41.1 Å². The first-order chi connectivity index (χ1) is 16.6. The molecule has 0 bridgehead atoms. The molecule has 2 fully saturated rings. The molecule has 1 amide bonds. The number of aromatic nitrogens is 3. The quantitative estimate of drug-likeness (QED) is 0.566. The third kappa shape index (κ3) is 5.20. The van der Waals surface area contributed by atoms with Crippen molar-refractivity contribution in [3.8, 4) is 0 Å². The Morgan fingerprint density at radius 1 is 1.12 bits per heavy atom. The van der Waals surface area contributed by atoms with E-state index >= 15 is 0 Å². The number of amides is 1. The lowest BCUT2D eigenvalue weighted by atomic mass is 10.0. The van der Waals surface area contributed by atoms with Gasteiger partial charge in [-0.15, -0.1) is 0 Å². The van der Waals surface area contributed by atoms with E-state index in [0.717, 1.165) is 54.9 Å². The number of nitrogens with zero attached hydrogens (tertiary/aromatic N) is 4. The van der Waals surface area contributed by atoms with E-state index in [2.05, 4.69) is 22.5 Å². The molecule has 0 saturated carbocycles. The summed E-state index contributed by atoms with van der Waals surface area (Å²) in [6.07, 6.45) is 6.77. The summed E-state index contributed by atoms with van der Waals surface area (Å²) in [5, 5.41) is 12.9. The minimum absolute atomic E-state index is 0.122. The third-order valence-electron chi connectivity index (χ3n) is 6.93. The maximum atomic E-state index is 13.3. The number of nitrogens with one attached hydrogen (secondary N) is 2. The molecule has 8 heteroatoms. The summed E-state index contributed by atoms with van der Waals surface area (Å²) in [5.41, 5.74) is 2.26. The highest BCUT2D eigenvalue weighted by atomic mass is 35.5. The van der Waals surface area contributed by atoms with Gasteiger partial charge in [-0.05, 0) is 69.0 Å². The molecule has 2 aromatic heterocycles. The zero-order chi connectivity index (χ0) is 23.5. The largest absolute Gasteiger partial charge is 0.357 e. The van der Waals surface area contributed by atoms with Gasteiger partial charge >= 0.3 is 0 Å². The van der Waals surface area contributed by atoms with Gasteiger partial charge in [0.15, 0.2) is 11.3 Å². The SMILES string of the molecule is CC1CC(NC(=O)c2nn(Cc3ccc(Cl)cc3)c3nc(N4CCCCCC4)ccc23)CCN1. The highest BCUT2D eigenvalue weighted by molar-refractivity contribution is 6.30. The fraction of sp³-hybridized carbons (Fsp3) is 0.500. The minimum Gasteiger partial charge on any atom is -0.357 e. The molecule has 1 aromatic carbocycles. The first-order valence-electron chi connectivity index (χ1n) is 12.5. The molecule has 2 saturated heterocycles. The summed E-state index contributed by atoms with van der Waals surface area (Å²) in [7, 11) is 0. The summed E-state index contributed by atoms with van der Waals surface area (Å²) in [4.78, 5) is 20.7. The molecule has 0 spiro atoms. The van der Waals surface area contributed by atoms with E-state index in [9.17, 15) is 4.79 Å². The van der Waals surface area contributed by atoms with Gasteiger partial charge in [0.05, 0.1) is 11.9 Å². The molecule has 0 radical (unpaired) electrons. The van der Waals surface area contributed by atoms with Crippen molar-refractivity contribution in [3.63, 3.8) is 0 Å². The number of benzene rings is 1. The molecule has 2 aliphatic heterocycles. The van der Waals surface area contributed by atoms with Gasteiger partial charge in [-0.2, -0.15) is 5.10 Å². The second-order valence-electron chi connectivity index (χ2n) is 9.62. The number of halogens is 1. The molecule has 3 aromatic rings. The lowest BCUT2D eigenvalue weighted by Gasteiger charge is -2.28. The summed E-state index contributed by atoms with van der Waals surface area (Å²) >= 11 is 6.08. The summed E-state index contributed by atoms with van der Waals surface area (Å²) < 4.78 is 1.86. The lowest BCUT2D eigenvalue weighted by Crippen LogP contribution is -2.46. The Balaban J connectivity index is 1.48. The number of hydrogen-bond donors (Lipinski definition) is 2. The number of carbonyl (C=O) groups excluding carboxylic acids is 1. The number of rotatable bonds is 5. The van der Waals surface area contributed by atoms with Crippen LogP contribution in [0.1, 0.15) is 61.5 Å². The number of pyridine rings is 1. The van der Waals surface area contributed by atoms with Crippen LogP contribution in [0.2, 0.25) is 5.02 Å². The van der Waals surface area contributed by atoms with Crippen LogP contribution in [-0.2, 0) is 6.54 Å². The lowest BCUT2D eigenvalue weighted by molar-refractivity contribution is 0.0921. The van der Waals surface area contributed by atoms with Crippen LogP contribution >= 0.6 is 11.6 Å². The fourth-order valence-corrected chi connectivity index (χ4v) is 5.20. The molecule has 4 heterocycles. The van der Waals surface area contributed by atoms with Crippen LogP contribution < -0.4 is 15.5 Å². The monoisotopic (exact) mass is 480 g/mol. The molecule has 5 rings (SSSR count). The van der Waals surface area contributed by atoms with Crippen LogP contribution in [0.4, 0.5) is 5.82 Å². The Morgan fingerprint density at radius 2 is 1.88 bits per heavy atom. The van der Waals surface area contributed by atoms with Gasteiger partial charge in [0.25, 0.3) is 5.91 Å². The minimum atomic E-state index is -0.122. The number of piperidine rings is 1. The van der Waals surface area contributed by atoms with Gasteiger partial charge in [-0.25, -0.2) is 9.67 Å². The van der Waals surface area contributed by atoms with Crippen LogP contribution in [0.15, 0.2) is 36.4 Å². The first kappa shape index (κ1) is 23.1. The van der Waals surface area contributed by atoms with Gasteiger partial charge in [0.2, 0.25) is 0 Å². The highest BCUT2D eigenvalue weighted by Crippen LogP contribution is 2.25. The van der Waals surface area contributed by atoms with Crippen molar-refractivity contribution in [3.05, 3.63) is 52.7 Å². The first-order valence-corrected chi connectivity index (χ1v) is 12.9. The summed E-state index contributed by atoms with van der Waals surface area (Å²) in [5.74, 6) is 0.842. The Bertz CT molecular complexity index is 1140. The third-order valence-corrected chi connectivity index (χ3v) is 7.18. The van der Waals surface area contributed by atoms with Crippen LogP contribution in [0.5, 0.6) is 0 Å². The van der Waals surface area contributed by atoms with E-state index in [1.54, 1.807) is 0 Å². The predicted molar refractivity (Wildman–Crippen MR) is 137 cm³/mol. The molecule has 180 valence electrons. The second kappa shape index (κ2) is 10.3. The van der Waals surface area contributed by atoms with Gasteiger partial charge in [-0.3, -0.25) is 4.79 Å². The van der Waals surface area contributed by atoms with E-state index in [1.165, 1.54) is 25.7 Å². The molecular weight excluding hydrogens is 448 g/mol. The smallest absolute Gasteiger partial charge is 0.272 e. The average Bonchev–Trinajstić information content (AvgIpc) is 2.99. The maximum Gasteiger partial charge on any atom is 0.272 e. The molecule has 2 aliphatic rings. The molecule has 2 atom stereocenters. The number of anilines is 1. The second-order valence-corrected chi connectivity index (χ2v) is 10.1. The number of fused-ring (bicyclic) bond motifs is 1. The fourth-order valence-electron chi connectivity index (χ4n) is 5.08. The standard InChI is InChI=1S/C26H33ClN6O/c1-18-16-21(12-13-28-18)29-26(34)24-22-10-11-23(32-14-4-2-3-5-15-32)30-25(22)33(31-24)17-19-6-8-20(27)9-7-19/h6-11,18,21,28H,2-5,12-17H2,1H3,(H,29,34). The normalized spacial score (nSPS) is 21.4. The highest BCUT2D eigenvalue weighted by Gasteiger charge is 2.25. The molecular formula is C26H33ClN6O. The van der Waals surface area contributed by atoms with Crippen molar-refractivity contribution in [1.82, 2.24) is 25.4 Å². The molecule has 2 unspecified atom stereocenters. The Hall–Kier alpha value is -2.64. The van der Waals surface area contributed by atoms with Crippen molar-refractivity contribution in [2.24, 2.45) is 0 Å². The van der Waals surface area contributed by atoms with E-state index < -0.39 is 0 Å². The summed E-state index contributed by atoms with van der Waals surface area (Å²) in [6.45, 7) is 5.64. The zero-order valence-electron chi connectivity index (χ0n) is 19.8. The van der Waals surface area contributed by atoms with Gasteiger partial charge in [0.1, 0.15) is 5.82 Å². The van der Waals surface area contributed by atoms with Crippen LogP contribution in [0.3, 0.4) is 0 Å². The van der Waals surface area contributed by atoms with Crippen molar-refractivity contribution in [2.75, 3.05) is 24.5 Å². The van der Waals surface area contributed by atoms with E-state index in [0.29, 0.717) is 23.3 Å².